The highest BCUT2D eigenvalue weighted by Crippen LogP contribution is 2.38. The zero-order chi connectivity index (χ0) is 18.5. The Morgan fingerprint density at radius 3 is 2.54 bits per heavy atom. The molecule has 2 N–H and O–H groups in total. The standard InChI is InChI=1S/C14H16F3N7O2/c15-14(16,17)10-7-9(24(20-10)8-1-2-8)11(25)23-5-3-13(26,4-6-23)12-18-21-22-19-12/h7-8,26H,1-6H2,(H,18,19,21,22). The van der Waals surface area contributed by atoms with Gasteiger partial charge in [-0.1, -0.05) is 5.21 Å². The van der Waals surface area contributed by atoms with Gasteiger partial charge in [-0.2, -0.15) is 23.5 Å². The Morgan fingerprint density at radius 1 is 1.31 bits per heavy atom. The number of nitrogens with zero attached hydrogens (tertiary/aromatic N) is 6. The molecule has 2 aromatic heterocycles. The van der Waals surface area contributed by atoms with Gasteiger partial charge in [0.1, 0.15) is 11.3 Å². The molecule has 1 saturated carbocycles. The SMILES string of the molecule is O=C(c1cc(C(F)(F)F)nn1C1CC1)N1CCC(O)(c2nn[nH]n2)CC1. The number of halogens is 3. The van der Waals surface area contributed by atoms with Crippen LogP contribution in [0.2, 0.25) is 0 Å². The summed E-state index contributed by atoms with van der Waals surface area (Å²) >= 11 is 0. The molecule has 0 bridgehead atoms. The van der Waals surface area contributed by atoms with Crippen LogP contribution < -0.4 is 0 Å². The minimum atomic E-state index is -4.60. The second-order valence-electron chi connectivity index (χ2n) is 6.65. The maximum absolute atomic E-state index is 13.0. The van der Waals surface area contributed by atoms with Crippen molar-refractivity contribution >= 4 is 5.91 Å². The Balaban J connectivity index is 1.53. The monoisotopic (exact) mass is 371 g/mol. The molecule has 0 aromatic carbocycles. The molecule has 12 heteroatoms. The molecule has 0 atom stereocenters. The lowest BCUT2D eigenvalue weighted by Gasteiger charge is -2.36. The molecule has 26 heavy (non-hydrogen) atoms. The number of likely N-dealkylation sites (tertiary alicyclic amines) is 1. The predicted molar refractivity (Wildman–Crippen MR) is 78.7 cm³/mol. The van der Waals surface area contributed by atoms with E-state index in [4.69, 9.17) is 0 Å². The lowest BCUT2D eigenvalue weighted by atomic mass is 9.90. The van der Waals surface area contributed by atoms with Crippen LogP contribution >= 0.6 is 0 Å². The van der Waals surface area contributed by atoms with E-state index in [0.29, 0.717) is 12.8 Å². The second-order valence-corrected chi connectivity index (χ2v) is 6.65. The molecule has 3 heterocycles. The summed E-state index contributed by atoms with van der Waals surface area (Å²) in [6.07, 6.45) is -2.85. The Morgan fingerprint density at radius 2 is 2.00 bits per heavy atom. The van der Waals surface area contributed by atoms with Crippen molar-refractivity contribution in [1.29, 1.82) is 0 Å². The Labute approximate surface area is 145 Å². The van der Waals surface area contributed by atoms with Crippen LogP contribution in [0.25, 0.3) is 0 Å². The summed E-state index contributed by atoms with van der Waals surface area (Å²) in [6, 6.07) is 0.645. The van der Waals surface area contributed by atoms with Crippen LogP contribution in [0.4, 0.5) is 13.2 Å². The van der Waals surface area contributed by atoms with Crippen LogP contribution in [-0.2, 0) is 11.8 Å². The Bertz CT molecular complexity index is 805. The van der Waals surface area contributed by atoms with Crippen LogP contribution in [-0.4, -0.2) is 59.4 Å². The molecule has 9 nitrogen and oxygen atoms in total. The molecule has 4 rings (SSSR count). The number of aromatic nitrogens is 6. The van der Waals surface area contributed by atoms with E-state index in [1.807, 2.05) is 0 Å². The third-order valence-corrected chi connectivity index (χ3v) is 4.78. The molecule has 1 aliphatic heterocycles. The number of piperidine rings is 1. The van der Waals surface area contributed by atoms with Gasteiger partial charge in [0.25, 0.3) is 5.91 Å². The van der Waals surface area contributed by atoms with Crippen molar-refractivity contribution in [2.24, 2.45) is 0 Å². The number of hydrogen-bond donors (Lipinski definition) is 2. The van der Waals surface area contributed by atoms with Gasteiger partial charge in [0.2, 0.25) is 5.82 Å². The van der Waals surface area contributed by atoms with Gasteiger partial charge in [0.15, 0.2) is 5.69 Å². The maximum atomic E-state index is 13.0. The van der Waals surface area contributed by atoms with Gasteiger partial charge < -0.3 is 10.0 Å². The summed E-state index contributed by atoms with van der Waals surface area (Å²) < 4.78 is 40.1. The van der Waals surface area contributed by atoms with E-state index in [9.17, 15) is 23.1 Å². The summed E-state index contributed by atoms with van der Waals surface area (Å²) in [4.78, 5) is 14.2. The maximum Gasteiger partial charge on any atom is 0.435 e. The zero-order valence-corrected chi connectivity index (χ0v) is 13.6. The number of H-pyrrole nitrogens is 1. The number of hydrogen-bond acceptors (Lipinski definition) is 6. The molecule has 2 aliphatic rings. The fourth-order valence-electron chi connectivity index (χ4n) is 3.11. The molecule has 0 spiro atoms. The van der Waals surface area contributed by atoms with E-state index in [1.54, 1.807) is 0 Å². The first kappa shape index (κ1) is 16.9. The van der Waals surface area contributed by atoms with E-state index >= 15 is 0 Å². The van der Waals surface area contributed by atoms with Gasteiger partial charge in [0, 0.05) is 32.0 Å². The van der Waals surface area contributed by atoms with Gasteiger partial charge in [-0.15, -0.1) is 10.2 Å². The molecule has 2 aromatic rings. The van der Waals surface area contributed by atoms with Crippen molar-refractivity contribution in [3.8, 4) is 0 Å². The summed E-state index contributed by atoms with van der Waals surface area (Å²) in [5, 5.41) is 27.4. The number of alkyl halides is 3. The molecule has 1 amide bonds. The highest BCUT2D eigenvalue weighted by Gasteiger charge is 2.42. The largest absolute Gasteiger partial charge is 0.435 e. The van der Waals surface area contributed by atoms with Crippen molar-refractivity contribution in [2.45, 2.75) is 43.5 Å². The molecular formula is C14H16F3N7O2. The molecule has 140 valence electrons. The molecule has 1 saturated heterocycles. The third kappa shape index (κ3) is 2.93. The first-order valence-electron chi connectivity index (χ1n) is 8.20. The molecule has 1 aliphatic carbocycles. The van der Waals surface area contributed by atoms with E-state index in [2.05, 4.69) is 25.7 Å². The lowest BCUT2D eigenvalue weighted by Crippen LogP contribution is -2.46. The van der Waals surface area contributed by atoms with Gasteiger partial charge in [-0.05, 0) is 12.8 Å². The van der Waals surface area contributed by atoms with Crippen LogP contribution in [0.1, 0.15) is 53.7 Å². The minimum absolute atomic E-state index is 0.0650. The summed E-state index contributed by atoms with van der Waals surface area (Å²) in [5.41, 5.74) is -2.43. The topological polar surface area (TPSA) is 113 Å². The lowest BCUT2D eigenvalue weighted by molar-refractivity contribution is -0.141. The quantitative estimate of drug-likeness (QED) is 0.828. The Hall–Kier alpha value is -2.50. The first-order chi connectivity index (χ1) is 12.3. The molecule has 2 fully saturated rings. The van der Waals surface area contributed by atoms with Crippen LogP contribution in [0.3, 0.4) is 0 Å². The van der Waals surface area contributed by atoms with Gasteiger partial charge in [-0.3, -0.25) is 9.48 Å². The number of carbonyl (C=O) groups is 1. The smallest absolute Gasteiger partial charge is 0.382 e. The van der Waals surface area contributed by atoms with Gasteiger partial charge >= 0.3 is 6.18 Å². The van der Waals surface area contributed by atoms with Crippen molar-refractivity contribution in [1.82, 2.24) is 35.3 Å². The van der Waals surface area contributed by atoms with Crippen LogP contribution in [0.15, 0.2) is 6.07 Å². The average Bonchev–Trinajstić information content (AvgIpc) is 3.12. The normalized spacial score (nSPS) is 20.4. The highest BCUT2D eigenvalue weighted by molar-refractivity contribution is 5.93. The number of aliphatic hydroxyl groups is 1. The minimum Gasteiger partial charge on any atom is -0.382 e. The third-order valence-electron chi connectivity index (χ3n) is 4.78. The van der Waals surface area contributed by atoms with E-state index < -0.39 is 23.4 Å². The van der Waals surface area contributed by atoms with E-state index in [0.717, 1.165) is 6.07 Å². The summed E-state index contributed by atoms with van der Waals surface area (Å²) in [5.74, 6) is -0.373. The fraction of sp³-hybridized carbons (Fsp3) is 0.643. The van der Waals surface area contributed by atoms with Gasteiger partial charge in [-0.25, -0.2) is 0 Å². The number of aromatic amines is 1. The molecule has 0 radical (unpaired) electrons. The van der Waals surface area contributed by atoms with E-state index in [-0.39, 0.29) is 43.5 Å². The van der Waals surface area contributed by atoms with Crippen molar-refractivity contribution in [3.63, 3.8) is 0 Å². The number of carbonyl (C=O) groups excluding carboxylic acids is 1. The second kappa shape index (κ2) is 5.76. The van der Waals surface area contributed by atoms with Crippen LogP contribution in [0.5, 0.6) is 0 Å². The zero-order valence-electron chi connectivity index (χ0n) is 13.6. The average molecular weight is 371 g/mol. The molecular weight excluding hydrogens is 355 g/mol. The Kier molecular flexibility index (Phi) is 3.75. The number of amides is 1. The van der Waals surface area contributed by atoms with Crippen molar-refractivity contribution in [2.75, 3.05) is 13.1 Å². The summed E-state index contributed by atoms with van der Waals surface area (Å²) in [6.45, 7) is 0.335. The van der Waals surface area contributed by atoms with Crippen molar-refractivity contribution < 1.29 is 23.1 Å². The predicted octanol–water partition coefficient (Wildman–Crippen LogP) is 0.874. The first-order valence-corrected chi connectivity index (χ1v) is 8.20. The number of tetrazole rings is 1. The van der Waals surface area contributed by atoms with Gasteiger partial charge in [0.05, 0.1) is 6.04 Å². The van der Waals surface area contributed by atoms with Crippen molar-refractivity contribution in [3.05, 3.63) is 23.3 Å². The highest BCUT2D eigenvalue weighted by atomic mass is 19.4. The van der Waals surface area contributed by atoms with Crippen LogP contribution in [0, 0.1) is 0 Å². The number of rotatable bonds is 3. The fourth-order valence-corrected chi connectivity index (χ4v) is 3.11. The van der Waals surface area contributed by atoms with E-state index in [1.165, 1.54) is 9.58 Å². The molecule has 0 unspecified atom stereocenters. The summed E-state index contributed by atoms with van der Waals surface area (Å²) in [7, 11) is 0. The number of nitrogens with one attached hydrogen (secondary N) is 1.